The third kappa shape index (κ3) is 7.20. The number of aliphatic carboxylic acids is 1. The Morgan fingerprint density at radius 2 is 1.62 bits per heavy atom. The molecule has 0 atom stereocenters. The number of nitrogens with zero attached hydrogens (tertiary/aromatic N) is 2. The van der Waals surface area contributed by atoms with Crippen LogP contribution in [0.1, 0.15) is 35.1 Å². The molecule has 7 nitrogen and oxygen atoms in total. The van der Waals surface area contributed by atoms with E-state index in [2.05, 4.69) is 35.2 Å². The lowest BCUT2D eigenvalue weighted by Crippen LogP contribution is -2.34. The first-order chi connectivity index (χ1) is 19.4. The molecule has 0 aliphatic carbocycles. The number of thioether (sulfide) groups is 1. The van der Waals surface area contributed by atoms with Crippen LogP contribution in [0.15, 0.2) is 83.8 Å². The summed E-state index contributed by atoms with van der Waals surface area (Å²) in [5.74, 6) is -0.353. The van der Waals surface area contributed by atoms with Gasteiger partial charge in [0.05, 0.1) is 4.91 Å². The number of likely N-dealkylation sites (tertiary alicyclic amines) is 1. The monoisotopic (exact) mass is 556 g/mol. The molecule has 8 heteroatoms. The Morgan fingerprint density at radius 3 is 2.30 bits per heavy atom. The van der Waals surface area contributed by atoms with Crippen LogP contribution in [0, 0.1) is 5.92 Å². The van der Waals surface area contributed by atoms with Crippen molar-refractivity contribution in [3.05, 3.63) is 106 Å². The summed E-state index contributed by atoms with van der Waals surface area (Å²) < 4.78 is 6.24. The standard InChI is InChI=1S/C32H32N2O5S/c35-30(36)21-34-31(37)29(40-32(34)38)19-26-11-12-28(39-22-25-9-5-2-6-10-25)27(18-26)20-33-15-13-24(14-16-33)17-23-7-3-1-4-8-23/h1-12,18-19,24H,13-17,20-22H2,(H,35,36). The average molecular weight is 557 g/mol. The number of piperidine rings is 1. The van der Waals surface area contributed by atoms with Crippen molar-refractivity contribution in [2.45, 2.75) is 32.4 Å². The number of amides is 2. The van der Waals surface area contributed by atoms with Crippen molar-refractivity contribution < 1.29 is 24.2 Å². The highest BCUT2D eigenvalue weighted by atomic mass is 32.2. The number of carbonyl (C=O) groups is 3. The van der Waals surface area contributed by atoms with Crippen molar-refractivity contribution in [2.75, 3.05) is 19.6 Å². The number of ether oxygens (including phenoxy) is 1. The van der Waals surface area contributed by atoms with Crippen LogP contribution in [0.5, 0.6) is 5.75 Å². The second-order valence-corrected chi connectivity index (χ2v) is 11.2. The van der Waals surface area contributed by atoms with Gasteiger partial charge in [0.25, 0.3) is 11.1 Å². The highest BCUT2D eigenvalue weighted by Crippen LogP contribution is 2.33. The lowest BCUT2D eigenvalue weighted by Gasteiger charge is -2.32. The van der Waals surface area contributed by atoms with Crippen LogP contribution in [0.2, 0.25) is 0 Å². The largest absolute Gasteiger partial charge is 0.489 e. The molecule has 2 aliphatic rings. The zero-order valence-corrected chi connectivity index (χ0v) is 23.0. The quantitative estimate of drug-likeness (QED) is 0.314. The average Bonchev–Trinajstić information content (AvgIpc) is 3.21. The minimum Gasteiger partial charge on any atom is -0.489 e. The van der Waals surface area contributed by atoms with Gasteiger partial charge in [0.15, 0.2) is 0 Å². The number of hydrogen-bond acceptors (Lipinski definition) is 6. The van der Waals surface area contributed by atoms with Crippen LogP contribution >= 0.6 is 11.8 Å². The highest BCUT2D eigenvalue weighted by Gasteiger charge is 2.36. The molecule has 0 spiro atoms. The summed E-state index contributed by atoms with van der Waals surface area (Å²) in [4.78, 5) is 39.4. The van der Waals surface area contributed by atoms with Crippen LogP contribution in [-0.2, 0) is 29.2 Å². The van der Waals surface area contributed by atoms with Crippen LogP contribution in [0.4, 0.5) is 4.79 Å². The molecule has 2 heterocycles. The fourth-order valence-electron chi connectivity index (χ4n) is 5.15. The van der Waals surface area contributed by atoms with Crippen molar-refractivity contribution in [3.63, 3.8) is 0 Å². The Labute approximate surface area is 238 Å². The highest BCUT2D eigenvalue weighted by molar-refractivity contribution is 8.18. The predicted molar refractivity (Wildman–Crippen MR) is 156 cm³/mol. The lowest BCUT2D eigenvalue weighted by molar-refractivity contribution is -0.140. The van der Waals surface area contributed by atoms with Crippen molar-refractivity contribution in [2.24, 2.45) is 5.92 Å². The van der Waals surface area contributed by atoms with Gasteiger partial charge >= 0.3 is 5.97 Å². The molecule has 2 saturated heterocycles. The number of carboxylic acid groups (broad SMARTS) is 1. The van der Waals surface area contributed by atoms with E-state index in [1.165, 1.54) is 5.56 Å². The SMILES string of the molecule is O=C(O)CN1C(=O)SC(=Cc2ccc(OCc3ccccc3)c(CN3CCC(Cc4ccccc4)CC3)c2)C1=O. The fourth-order valence-corrected chi connectivity index (χ4v) is 5.99. The molecule has 2 amide bonds. The van der Waals surface area contributed by atoms with Gasteiger partial charge in [0.1, 0.15) is 18.9 Å². The molecule has 3 aromatic rings. The smallest absolute Gasteiger partial charge is 0.323 e. The van der Waals surface area contributed by atoms with Gasteiger partial charge in [0, 0.05) is 12.1 Å². The molecule has 0 radical (unpaired) electrons. The van der Waals surface area contributed by atoms with Crippen molar-refractivity contribution in [1.29, 1.82) is 0 Å². The topological polar surface area (TPSA) is 87.2 Å². The summed E-state index contributed by atoms with van der Waals surface area (Å²) in [6.45, 7) is 2.51. The van der Waals surface area contributed by atoms with Gasteiger partial charge in [-0.15, -0.1) is 0 Å². The van der Waals surface area contributed by atoms with Gasteiger partial charge in [-0.2, -0.15) is 0 Å². The molecule has 2 fully saturated rings. The molecule has 206 valence electrons. The predicted octanol–water partition coefficient (Wildman–Crippen LogP) is 5.84. The van der Waals surface area contributed by atoms with Crippen LogP contribution in [-0.4, -0.2) is 51.7 Å². The van der Waals surface area contributed by atoms with E-state index < -0.39 is 23.7 Å². The first-order valence-electron chi connectivity index (χ1n) is 13.5. The normalized spacial score (nSPS) is 17.5. The van der Waals surface area contributed by atoms with Gasteiger partial charge in [-0.25, -0.2) is 0 Å². The Bertz CT molecular complexity index is 1380. The van der Waals surface area contributed by atoms with Gasteiger partial charge in [-0.1, -0.05) is 66.7 Å². The minimum absolute atomic E-state index is 0.219. The zero-order valence-electron chi connectivity index (χ0n) is 22.2. The van der Waals surface area contributed by atoms with Gasteiger partial charge in [-0.05, 0) is 84.9 Å². The first-order valence-corrected chi connectivity index (χ1v) is 14.3. The Kier molecular flexibility index (Phi) is 8.98. The first kappa shape index (κ1) is 27.7. The van der Waals surface area contributed by atoms with E-state index in [1.807, 2.05) is 48.5 Å². The second-order valence-electron chi connectivity index (χ2n) is 10.2. The molecular formula is C32H32N2O5S. The molecular weight excluding hydrogens is 524 g/mol. The molecule has 2 aliphatic heterocycles. The Morgan fingerprint density at radius 1 is 0.950 bits per heavy atom. The maximum Gasteiger partial charge on any atom is 0.323 e. The van der Waals surface area contributed by atoms with Gasteiger partial charge in [-0.3, -0.25) is 24.2 Å². The van der Waals surface area contributed by atoms with E-state index in [0.717, 1.165) is 71.5 Å². The number of carboxylic acids is 1. The molecule has 1 N–H and O–H groups in total. The summed E-state index contributed by atoms with van der Waals surface area (Å²) in [7, 11) is 0. The van der Waals surface area contributed by atoms with Crippen molar-refractivity contribution in [3.8, 4) is 5.75 Å². The van der Waals surface area contributed by atoms with Crippen LogP contribution in [0.3, 0.4) is 0 Å². The van der Waals surface area contributed by atoms with E-state index in [1.54, 1.807) is 6.08 Å². The summed E-state index contributed by atoms with van der Waals surface area (Å²) in [6, 6.07) is 26.4. The van der Waals surface area contributed by atoms with E-state index >= 15 is 0 Å². The van der Waals surface area contributed by atoms with E-state index in [4.69, 9.17) is 9.84 Å². The molecule has 3 aromatic carbocycles. The van der Waals surface area contributed by atoms with Gasteiger partial charge < -0.3 is 9.84 Å². The molecule has 0 aromatic heterocycles. The third-order valence-corrected chi connectivity index (χ3v) is 8.16. The Hall–Kier alpha value is -3.88. The summed E-state index contributed by atoms with van der Waals surface area (Å²) in [6.07, 6.45) is 5.02. The van der Waals surface area contributed by atoms with Crippen molar-refractivity contribution in [1.82, 2.24) is 9.80 Å². The third-order valence-electron chi connectivity index (χ3n) is 7.25. The Balaban J connectivity index is 1.31. The molecule has 40 heavy (non-hydrogen) atoms. The van der Waals surface area contributed by atoms with Crippen molar-refractivity contribution >= 4 is 35.0 Å². The zero-order chi connectivity index (χ0) is 27.9. The van der Waals surface area contributed by atoms with E-state index in [0.29, 0.717) is 19.1 Å². The summed E-state index contributed by atoms with van der Waals surface area (Å²) >= 11 is 0.766. The minimum atomic E-state index is -1.22. The fraction of sp³-hybridized carbons (Fsp3) is 0.281. The summed E-state index contributed by atoms with van der Waals surface area (Å²) in [5, 5.41) is 8.47. The molecule has 0 saturated carbocycles. The van der Waals surface area contributed by atoms with Gasteiger partial charge in [0.2, 0.25) is 0 Å². The van der Waals surface area contributed by atoms with E-state index in [-0.39, 0.29) is 4.91 Å². The summed E-state index contributed by atoms with van der Waals surface area (Å²) in [5.41, 5.74) is 4.24. The maximum atomic E-state index is 12.7. The number of rotatable bonds is 10. The van der Waals surface area contributed by atoms with Crippen LogP contribution < -0.4 is 4.74 Å². The van der Waals surface area contributed by atoms with E-state index in [9.17, 15) is 14.4 Å². The lowest BCUT2D eigenvalue weighted by atomic mass is 9.90. The van der Waals surface area contributed by atoms with Crippen LogP contribution in [0.25, 0.3) is 6.08 Å². The maximum absolute atomic E-state index is 12.7. The molecule has 0 bridgehead atoms. The number of imide groups is 1. The molecule has 5 rings (SSSR count). The molecule has 0 unspecified atom stereocenters. The number of benzene rings is 3. The second kappa shape index (κ2) is 13.0. The number of hydrogen-bond donors (Lipinski definition) is 1. The number of carbonyl (C=O) groups excluding carboxylic acids is 2.